The van der Waals surface area contributed by atoms with Crippen molar-refractivity contribution in [3.8, 4) is 33.4 Å². The van der Waals surface area contributed by atoms with Crippen molar-refractivity contribution in [2.75, 3.05) is 22.9 Å². The SMILES string of the molecule is CCNc1nc2ncc(-c3c(C)noc3C)cc2n1C(C)c1ccccc1.Cc1noc(C)c1-c1cnc(N)c(NC(C)c2ccccc2)c1.Cc1noc(C)c1-c1cnc2[nH]c(=O)n(C(C)c3ccccc3)c2c1.O=C(n1ccnc1)n1ccnc1. The molecule has 0 saturated heterocycles. The molecule has 0 saturated carbocycles. The number of nitrogens with zero attached hydrogens (tertiary/aromatic N) is 13. The molecule has 0 bridgehead atoms. The minimum absolute atomic E-state index is 0.107. The minimum Gasteiger partial charge on any atom is -0.382 e. The van der Waals surface area contributed by atoms with Crippen LogP contribution in [0.15, 0.2) is 184 Å². The molecule has 0 spiro atoms. The zero-order valence-electron chi connectivity index (χ0n) is 50.0. The summed E-state index contributed by atoms with van der Waals surface area (Å²) >= 11 is 0. The molecule has 442 valence electrons. The maximum absolute atomic E-state index is 12.5. The monoisotopic (exact) mass is 1170 g/mol. The average molecular weight is 1170 g/mol. The molecule has 87 heavy (non-hydrogen) atoms. The fraction of sp³-hybridized carbons (Fsp3) is 0.215. The van der Waals surface area contributed by atoms with E-state index in [0.717, 1.165) is 108 Å². The number of pyridine rings is 3. The normalized spacial score (nSPS) is 12.1. The number of benzene rings is 3. The second-order valence-corrected chi connectivity index (χ2v) is 20.7. The molecule has 22 nitrogen and oxygen atoms in total. The van der Waals surface area contributed by atoms with Gasteiger partial charge in [0, 0.05) is 89.3 Å². The summed E-state index contributed by atoms with van der Waals surface area (Å²) in [5.41, 5.74) is 21.4. The van der Waals surface area contributed by atoms with Gasteiger partial charge in [-0.25, -0.2) is 34.5 Å². The van der Waals surface area contributed by atoms with E-state index in [1.165, 1.54) is 32.9 Å². The number of rotatable bonds is 12. The molecule has 10 heterocycles. The molecule has 22 heteroatoms. The molecule has 0 radical (unpaired) electrons. The Hall–Kier alpha value is -11.0. The number of H-pyrrole nitrogens is 1. The number of nitrogen functional groups attached to an aromatic ring is 1. The van der Waals surface area contributed by atoms with Crippen LogP contribution in [-0.2, 0) is 0 Å². The first-order chi connectivity index (χ1) is 42.1. The van der Waals surface area contributed by atoms with Crippen molar-refractivity contribution in [1.82, 2.24) is 68.6 Å². The lowest BCUT2D eigenvalue weighted by Crippen LogP contribution is -2.21. The second kappa shape index (κ2) is 26.3. The highest BCUT2D eigenvalue weighted by molar-refractivity contribution is 5.83. The van der Waals surface area contributed by atoms with Gasteiger partial charge in [-0.2, -0.15) is 4.98 Å². The first-order valence-corrected chi connectivity index (χ1v) is 28.3. The van der Waals surface area contributed by atoms with Crippen molar-refractivity contribution in [2.45, 2.75) is 87.4 Å². The molecule has 0 aliphatic rings. The summed E-state index contributed by atoms with van der Waals surface area (Å²) in [6.07, 6.45) is 14.5. The Labute approximate surface area is 501 Å². The maximum atomic E-state index is 12.5. The van der Waals surface area contributed by atoms with E-state index in [4.69, 9.17) is 24.3 Å². The van der Waals surface area contributed by atoms with E-state index in [9.17, 15) is 9.59 Å². The van der Waals surface area contributed by atoms with Crippen LogP contribution in [0.2, 0.25) is 0 Å². The Morgan fingerprint density at radius 1 is 0.598 bits per heavy atom. The van der Waals surface area contributed by atoms with Gasteiger partial charge in [-0.1, -0.05) is 106 Å². The molecule has 13 aromatic rings. The van der Waals surface area contributed by atoms with Gasteiger partial charge in [0.2, 0.25) is 5.95 Å². The number of imidazole rings is 4. The van der Waals surface area contributed by atoms with Crippen LogP contribution in [0.1, 0.15) is 96.9 Å². The van der Waals surface area contributed by atoms with E-state index in [-0.39, 0.29) is 29.8 Å². The average Bonchev–Trinajstić information content (AvgIpc) is 1.89. The standard InChI is InChI=1S/C21H23N5O.C19H18N4O2.C18H20N4O.C7H6N4O/c1-5-22-21-24-20-18(26(21)14(3)16-9-7-6-8-10-16)11-17(12-23-20)19-13(2)25-27-15(19)4;1-11-17(13(3)25-22-11)15-9-16-18(20-10-15)21-19(24)23(16)12(2)14-7-5-4-6-8-14;1-11(14-7-5-4-6-8-14)21-16-9-15(10-20-18(16)19)17-12(2)22-23-13(17)3;12-7(10-3-1-8-5-10)11-4-2-9-6-11/h6-12,14H,5H2,1-4H3,(H,22,23,24);4-10,12H,1-3H3,(H,20,21,24);4-11,21H,1-3H3,(H2,19,20);1-6H. The van der Waals surface area contributed by atoms with Crippen molar-refractivity contribution in [2.24, 2.45) is 0 Å². The van der Waals surface area contributed by atoms with Crippen LogP contribution in [-0.4, -0.2) is 81.2 Å². The van der Waals surface area contributed by atoms with E-state index in [1.54, 1.807) is 41.7 Å². The van der Waals surface area contributed by atoms with Gasteiger partial charge in [-0.3, -0.25) is 18.7 Å². The zero-order valence-corrected chi connectivity index (χ0v) is 50.0. The second-order valence-electron chi connectivity index (χ2n) is 20.7. The van der Waals surface area contributed by atoms with E-state index in [1.807, 2.05) is 121 Å². The highest BCUT2D eigenvalue weighted by Gasteiger charge is 2.22. The number of hydrogen-bond acceptors (Lipinski definition) is 17. The molecular formula is C65H67N17O5. The Morgan fingerprint density at radius 3 is 1.53 bits per heavy atom. The van der Waals surface area contributed by atoms with Gasteiger partial charge < -0.3 is 34.5 Å². The number of carbonyl (C=O) groups is 1. The summed E-state index contributed by atoms with van der Waals surface area (Å²) in [5, 5.41) is 18.9. The third-order valence-corrected chi connectivity index (χ3v) is 14.8. The topological polar surface area (TPSA) is 275 Å². The van der Waals surface area contributed by atoms with E-state index < -0.39 is 0 Å². The van der Waals surface area contributed by atoms with Gasteiger partial charge in [0.15, 0.2) is 11.3 Å². The van der Waals surface area contributed by atoms with Gasteiger partial charge >= 0.3 is 11.7 Å². The highest BCUT2D eigenvalue weighted by atomic mass is 16.5. The molecule has 0 fully saturated rings. The maximum Gasteiger partial charge on any atom is 0.338 e. The Morgan fingerprint density at radius 2 is 1.06 bits per heavy atom. The van der Waals surface area contributed by atoms with Crippen molar-refractivity contribution >= 4 is 45.8 Å². The third kappa shape index (κ3) is 12.9. The lowest BCUT2D eigenvalue weighted by atomic mass is 10.0. The summed E-state index contributed by atoms with van der Waals surface area (Å²) in [4.78, 5) is 52.4. The smallest absolute Gasteiger partial charge is 0.338 e. The number of nitrogens with two attached hydrogens (primary N) is 1. The van der Waals surface area contributed by atoms with Crippen LogP contribution in [0.4, 0.5) is 22.2 Å². The first-order valence-electron chi connectivity index (χ1n) is 28.3. The van der Waals surface area contributed by atoms with Gasteiger partial charge in [0.25, 0.3) is 0 Å². The van der Waals surface area contributed by atoms with E-state index in [2.05, 4.69) is 124 Å². The van der Waals surface area contributed by atoms with Crippen molar-refractivity contribution in [1.29, 1.82) is 0 Å². The third-order valence-electron chi connectivity index (χ3n) is 14.8. The van der Waals surface area contributed by atoms with Gasteiger partial charge in [0.1, 0.15) is 35.8 Å². The number of fused-ring (bicyclic) bond motifs is 2. The molecule has 5 N–H and O–H groups in total. The van der Waals surface area contributed by atoms with Crippen LogP contribution in [0.25, 0.3) is 55.7 Å². The molecule has 0 aliphatic carbocycles. The number of nitrogens with one attached hydrogen (secondary N) is 3. The number of hydrogen-bond donors (Lipinski definition) is 4. The molecule has 3 unspecified atom stereocenters. The fourth-order valence-electron chi connectivity index (χ4n) is 10.4. The molecule has 13 rings (SSSR count). The van der Waals surface area contributed by atoms with Crippen LogP contribution < -0.4 is 22.1 Å². The Balaban J connectivity index is 0.000000132. The molecule has 10 aromatic heterocycles. The van der Waals surface area contributed by atoms with E-state index >= 15 is 0 Å². The van der Waals surface area contributed by atoms with E-state index in [0.29, 0.717) is 11.5 Å². The van der Waals surface area contributed by atoms with Crippen molar-refractivity contribution in [3.05, 3.63) is 227 Å². The number of aromatic nitrogens is 14. The van der Waals surface area contributed by atoms with Crippen molar-refractivity contribution in [3.63, 3.8) is 0 Å². The first kappa shape index (κ1) is 59.1. The number of aryl methyl sites for hydroxylation is 6. The predicted octanol–water partition coefficient (Wildman–Crippen LogP) is 13.1. The fourth-order valence-corrected chi connectivity index (χ4v) is 10.4. The highest BCUT2D eigenvalue weighted by Crippen LogP contribution is 2.35. The van der Waals surface area contributed by atoms with Gasteiger partial charge in [0.05, 0.1) is 45.9 Å². The lowest BCUT2D eigenvalue weighted by molar-refractivity contribution is 0.244. The number of anilines is 3. The Kier molecular flexibility index (Phi) is 17.9. The summed E-state index contributed by atoms with van der Waals surface area (Å²) in [5.74, 6) is 3.61. The molecular weight excluding hydrogens is 1100 g/mol. The van der Waals surface area contributed by atoms with Crippen LogP contribution in [0.3, 0.4) is 0 Å². The molecule has 3 atom stereocenters. The van der Waals surface area contributed by atoms with Crippen LogP contribution >= 0.6 is 0 Å². The van der Waals surface area contributed by atoms with Crippen molar-refractivity contribution < 1.29 is 18.4 Å². The number of aromatic amines is 1. The molecule has 0 aliphatic heterocycles. The summed E-state index contributed by atoms with van der Waals surface area (Å²) in [6, 6.07) is 36.6. The quantitative estimate of drug-likeness (QED) is 0.0885. The summed E-state index contributed by atoms with van der Waals surface area (Å²) in [7, 11) is 0. The van der Waals surface area contributed by atoms with Gasteiger partial charge in [-0.05, 0) is 104 Å². The molecule has 0 amide bonds. The predicted molar refractivity (Wildman–Crippen MR) is 335 cm³/mol. The Bertz CT molecular complexity index is 4370. The minimum atomic E-state index is -0.190. The largest absolute Gasteiger partial charge is 0.382 e. The summed E-state index contributed by atoms with van der Waals surface area (Å²) < 4.78 is 22.5. The summed E-state index contributed by atoms with van der Waals surface area (Å²) in [6.45, 7) is 20.6. The lowest BCUT2D eigenvalue weighted by Gasteiger charge is -2.18. The van der Waals surface area contributed by atoms with Gasteiger partial charge in [-0.15, -0.1) is 0 Å². The van der Waals surface area contributed by atoms with Crippen LogP contribution in [0, 0.1) is 41.5 Å². The van der Waals surface area contributed by atoms with Crippen LogP contribution in [0.5, 0.6) is 0 Å². The zero-order chi connectivity index (χ0) is 61.3. The molecule has 3 aromatic carbocycles. The number of carbonyl (C=O) groups excluding carboxylic acids is 1.